The van der Waals surface area contributed by atoms with E-state index in [-0.39, 0.29) is 24.6 Å². The van der Waals surface area contributed by atoms with Gasteiger partial charge in [-0.1, -0.05) is 0 Å². The van der Waals surface area contributed by atoms with Crippen LogP contribution < -0.4 is 5.32 Å². The van der Waals surface area contributed by atoms with Gasteiger partial charge in [-0.25, -0.2) is 0 Å². The monoisotopic (exact) mass is 282 g/mol. The summed E-state index contributed by atoms with van der Waals surface area (Å²) < 4.78 is 42.5. The molecule has 0 bridgehead atoms. The zero-order valence-corrected chi connectivity index (χ0v) is 10.5. The number of nitrogens with one attached hydrogen (secondary N) is 1. The van der Waals surface area contributed by atoms with Gasteiger partial charge in [0, 0.05) is 12.7 Å². The molecule has 2 rings (SSSR count). The van der Waals surface area contributed by atoms with E-state index in [9.17, 15) is 13.2 Å². The summed E-state index contributed by atoms with van der Waals surface area (Å²) in [7, 11) is 0. The number of rotatable bonds is 1. The molecule has 0 saturated carbocycles. The number of aromatic nitrogens is 1. The molecule has 3 nitrogen and oxygen atoms in total. The first-order valence-corrected chi connectivity index (χ1v) is 5.36. The lowest BCUT2D eigenvalue weighted by atomic mass is 10.1. The Labute approximate surface area is 109 Å². The fourth-order valence-corrected chi connectivity index (χ4v) is 1.82. The molecule has 1 unspecified atom stereocenters. The number of pyridine rings is 1. The van der Waals surface area contributed by atoms with E-state index in [1.54, 1.807) is 0 Å². The van der Waals surface area contributed by atoms with Gasteiger partial charge in [-0.2, -0.15) is 13.2 Å². The van der Waals surface area contributed by atoms with Crippen molar-refractivity contribution in [1.29, 1.82) is 0 Å². The molecule has 18 heavy (non-hydrogen) atoms. The third-order valence-electron chi connectivity index (χ3n) is 2.75. The van der Waals surface area contributed by atoms with E-state index in [2.05, 4.69) is 10.3 Å². The molecule has 1 aliphatic rings. The van der Waals surface area contributed by atoms with Crippen LogP contribution in [0.25, 0.3) is 0 Å². The van der Waals surface area contributed by atoms with Crippen LogP contribution in [0.15, 0.2) is 18.3 Å². The zero-order chi connectivity index (χ0) is 12.5. The highest BCUT2D eigenvalue weighted by molar-refractivity contribution is 5.85. The Morgan fingerprint density at radius 1 is 1.39 bits per heavy atom. The molecule has 1 fully saturated rings. The lowest BCUT2D eigenvalue weighted by Crippen LogP contribution is -2.40. The quantitative estimate of drug-likeness (QED) is 0.860. The van der Waals surface area contributed by atoms with Gasteiger partial charge in [0.2, 0.25) is 0 Å². The predicted molar refractivity (Wildman–Crippen MR) is 62.6 cm³/mol. The normalized spacial score (nSPS) is 24.4. The van der Waals surface area contributed by atoms with Crippen molar-refractivity contribution in [2.45, 2.75) is 25.2 Å². The summed E-state index contributed by atoms with van der Waals surface area (Å²) in [6.45, 7) is 3.16. The first kappa shape index (κ1) is 15.2. The third kappa shape index (κ3) is 3.34. The fraction of sp³-hybridized carbons (Fsp3) is 0.545. The van der Waals surface area contributed by atoms with Gasteiger partial charge in [0.1, 0.15) is 0 Å². The van der Waals surface area contributed by atoms with Crippen molar-refractivity contribution in [3.05, 3.63) is 29.6 Å². The summed E-state index contributed by atoms with van der Waals surface area (Å²) in [5.74, 6) is 0. The van der Waals surface area contributed by atoms with Crippen molar-refractivity contribution < 1.29 is 17.9 Å². The minimum Gasteiger partial charge on any atom is -0.375 e. The Balaban J connectivity index is 0.00000162. The van der Waals surface area contributed by atoms with E-state index in [0.29, 0.717) is 18.8 Å². The minimum absolute atomic E-state index is 0. The fourth-order valence-electron chi connectivity index (χ4n) is 1.82. The number of alkyl halides is 3. The van der Waals surface area contributed by atoms with E-state index in [1.165, 1.54) is 6.07 Å². The Morgan fingerprint density at radius 3 is 2.61 bits per heavy atom. The third-order valence-corrected chi connectivity index (χ3v) is 2.75. The van der Waals surface area contributed by atoms with Gasteiger partial charge < -0.3 is 10.1 Å². The maximum Gasteiger partial charge on any atom is 0.417 e. The highest BCUT2D eigenvalue weighted by atomic mass is 35.5. The molecule has 0 aliphatic carbocycles. The summed E-state index contributed by atoms with van der Waals surface area (Å²) in [4.78, 5) is 3.86. The highest BCUT2D eigenvalue weighted by Gasteiger charge is 2.31. The van der Waals surface area contributed by atoms with Gasteiger partial charge >= 0.3 is 6.18 Å². The Bertz CT molecular complexity index is 383. The summed E-state index contributed by atoms with van der Waals surface area (Å²) in [5, 5.41) is 3.17. The number of hydrogen-bond donors (Lipinski definition) is 1. The maximum absolute atomic E-state index is 12.4. The van der Waals surface area contributed by atoms with Crippen molar-refractivity contribution >= 4 is 12.4 Å². The SMILES string of the molecule is C[C@@H]1OCCNC1c1ccc(C(F)(F)F)cn1.Cl. The average molecular weight is 283 g/mol. The topological polar surface area (TPSA) is 34.1 Å². The van der Waals surface area contributed by atoms with Crippen LogP contribution in [0.5, 0.6) is 0 Å². The van der Waals surface area contributed by atoms with Crippen LogP contribution in [0.4, 0.5) is 13.2 Å². The van der Waals surface area contributed by atoms with Crippen molar-refractivity contribution in [3.8, 4) is 0 Å². The number of ether oxygens (including phenoxy) is 1. The molecule has 1 saturated heterocycles. The highest BCUT2D eigenvalue weighted by Crippen LogP contribution is 2.29. The Kier molecular flexibility index (Phi) is 4.95. The van der Waals surface area contributed by atoms with Gasteiger partial charge in [0.25, 0.3) is 0 Å². The summed E-state index contributed by atoms with van der Waals surface area (Å²) in [6, 6.07) is 2.29. The van der Waals surface area contributed by atoms with E-state index in [4.69, 9.17) is 4.74 Å². The molecule has 2 heterocycles. The van der Waals surface area contributed by atoms with E-state index in [0.717, 1.165) is 12.3 Å². The van der Waals surface area contributed by atoms with Crippen LogP contribution in [0, 0.1) is 0 Å². The first-order valence-electron chi connectivity index (χ1n) is 5.36. The minimum atomic E-state index is -4.34. The second kappa shape index (κ2) is 5.86. The predicted octanol–water partition coefficient (Wildman–Crippen LogP) is 2.57. The molecule has 1 N–H and O–H groups in total. The average Bonchev–Trinajstić information content (AvgIpc) is 2.29. The second-order valence-corrected chi connectivity index (χ2v) is 3.98. The van der Waals surface area contributed by atoms with E-state index < -0.39 is 11.7 Å². The molecule has 0 amide bonds. The van der Waals surface area contributed by atoms with Crippen LogP contribution in [0.3, 0.4) is 0 Å². The summed E-state index contributed by atoms with van der Waals surface area (Å²) >= 11 is 0. The van der Waals surface area contributed by atoms with Crippen LogP contribution in [0.2, 0.25) is 0 Å². The van der Waals surface area contributed by atoms with Gasteiger partial charge in [-0.3, -0.25) is 4.98 Å². The van der Waals surface area contributed by atoms with Gasteiger partial charge in [-0.15, -0.1) is 12.4 Å². The maximum atomic E-state index is 12.4. The molecule has 7 heteroatoms. The van der Waals surface area contributed by atoms with Crippen LogP contribution in [0.1, 0.15) is 24.2 Å². The molecule has 1 aromatic rings. The van der Waals surface area contributed by atoms with E-state index in [1.807, 2.05) is 6.92 Å². The molecular weight excluding hydrogens is 269 g/mol. The van der Waals surface area contributed by atoms with Gasteiger partial charge in [-0.05, 0) is 19.1 Å². The molecule has 2 atom stereocenters. The molecule has 1 aromatic heterocycles. The summed E-state index contributed by atoms with van der Waals surface area (Å²) in [6.07, 6.45) is -3.57. The number of morpholine rings is 1. The number of hydrogen-bond acceptors (Lipinski definition) is 3. The second-order valence-electron chi connectivity index (χ2n) is 3.98. The largest absolute Gasteiger partial charge is 0.417 e. The van der Waals surface area contributed by atoms with Crippen molar-refractivity contribution in [1.82, 2.24) is 10.3 Å². The molecule has 0 spiro atoms. The van der Waals surface area contributed by atoms with Gasteiger partial charge in [0.05, 0.1) is 30.0 Å². The lowest BCUT2D eigenvalue weighted by molar-refractivity contribution is -0.137. The lowest BCUT2D eigenvalue weighted by Gasteiger charge is -2.29. The standard InChI is InChI=1S/C11H13F3N2O.ClH/c1-7-10(15-4-5-17-7)9-3-2-8(6-16-9)11(12,13)14;/h2-3,6-7,10,15H,4-5H2,1H3;1H/t7-,10?;/m0./s1. The van der Waals surface area contributed by atoms with E-state index >= 15 is 0 Å². The molecule has 0 radical (unpaired) electrons. The molecule has 1 aliphatic heterocycles. The Hall–Kier alpha value is -0.850. The molecule has 0 aromatic carbocycles. The first-order chi connectivity index (χ1) is 7.98. The van der Waals surface area contributed by atoms with Crippen LogP contribution in [-0.4, -0.2) is 24.2 Å². The summed E-state index contributed by atoms with van der Waals surface area (Å²) in [5.41, 5.74) is -0.157. The molecular formula is C11H14ClF3N2O. The van der Waals surface area contributed by atoms with Crippen molar-refractivity contribution in [2.75, 3.05) is 13.2 Å². The van der Waals surface area contributed by atoms with Gasteiger partial charge in [0.15, 0.2) is 0 Å². The number of nitrogens with zero attached hydrogens (tertiary/aromatic N) is 1. The van der Waals surface area contributed by atoms with Crippen molar-refractivity contribution in [2.24, 2.45) is 0 Å². The van der Waals surface area contributed by atoms with Crippen LogP contribution >= 0.6 is 12.4 Å². The zero-order valence-electron chi connectivity index (χ0n) is 9.70. The smallest absolute Gasteiger partial charge is 0.375 e. The molecule has 102 valence electrons. The van der Waals surface area contributed by atoms with Crippen molar-refractivity contribution in [3.63, 3.8) is 0 Å². The van der Waals surface area contributed by atoms with Crippen LogP contribution in [-0.2, 0) is 10.9 Å². The Morgan fingerprint density at radius 2 is 2.11 bits per heavy atom. The number of halogens is 4.